The lowest BCUT2D eigenvalue weighted by atomic mass is 10.3. The minimum Gasteiger partial charge on any atom is -0.444 e. The summed E-state index contributed by atoms with van der Waals surface area (Å²) < 4.78 is 5.57. The summed E-state index contributed by atoms with van der Waals surface area (Å²) in [5, 5.41) is 3.26. The Morgan fingerprint density at radius 2 is 1.86 bits per heavy atom. The smallest absolute Gasteiger partial charge is 0.213 e. The van der Waals surface area contributed by atoms with Gasteiger partial charge in [0.25, 0.3) is 0 Å². The summed E-state index contributed by atoms with van der Waals surface area (Å²) >= 11 is 0. The molecule has 0 unspecified atom stereocenters. The highest BCUT2D eigenvalue weighted by Crippen LogP contribution is 2.39. The normalized spacial score (nSPS) is 14.3. The van der Waals surface area contributed by atoms with Gasteiger partial charge in [-0.05, 0) is 33.6 Å². The van der Waals surface area contributed by atoms with Crippen molar-refractivity contribution in [3.05, 3.63) is 28.7 Å². The molecule has 1 fully saturated rings. The Bertz CT molecular complexity index is 642. The molecule has 1 saturated carbocycles. The molecule has 1 aliphatic rings. The maximum absolute atomic E-state index is 5.57. The molecule has 0 amide bonds. The van der Waals surface area contributed by atoms with Crippen molar-refractivity contribution < 1.29 is 4.42 Å². The second kappa shape index (κ2) is 5.33. The van der Waals surface area contributed by atoms with E-state index in [1.165, 1.54) is 0 Å². The molecule has 0 atom stereocenters. The molecule has 2 heterocycles. The van der Waals surface area contributed by atoms with Crippen LogP contribution in [-0.2, 0) is 6.54 Å². The Kier molecular flexibility index (Phi) is 3.50. The van der Waals surface area contributed by atoms with Gasteiger partial charge in [0, 0.05) is 11.5 Å². The minimum atomic E-state index is 0.462. The summed E-state index contributed by atoms with van der Waals surface area (Å²) in [5.74, 6) is 9.77. The van der Waals surface area contributed by atoms with Crippen LogP contribution in [0.25, 0.3) is 0 Å². The number of nitrogen functional groups attached to an aromatic ring is 1. The van der Waals surface area contributed by atoms with Crippen LogP contribution in [0.3, 0.4) is 0 Å². The summed E-state index contributed by atoms with van der Waals surface area (Å²) in [6.45, 7) is 6.25. The van der Waals surface area contributed by atoms with E-state index < -0.39 is 0 Å². The van der Waals surface area contributed by atoms with Crippen molar-refractivity contribution in [1.29, 1.82) is 0 Å². The van der Waals surface area contributed by atoms with Gasteiger partial charge in [0.1, 0.15) is 23.2 Å². The number of hydrazine groups is 1. The number of hydrogen-bond acceptors (Lipinski definition) is 7. The summed E-state index contributed by atoms with van der Waals surface area (Å²) in [5.41, 5.74) is 4.44. The lowest BCUT2D eigenvalue weighted by molar-refractivity contribution is 0.478. The van der Waals surface area contributed by atoms with E-state index in [2.05, 4.69) is 25.7 Å². The average Bonchev–Trinajstić information content (AvgIpc) is 3.25. The second-order valence-corrected chi connectivity index (χ2v) is 5.43. The fraction of sp³-hybridized carbons (Fsp3) is 0.500. The molecular formula is C14H20N6O. The summed E-state index contributed by atoms with van der Waals surface area (Å²) in [6.07, 6.45) is 2.29. The van der Waals surface area contributed by atoms with E-state index in [9.17, 15) is 0 Å². The molecular weight excluding hydrogens is 268 g/mol. The zero-order valence-electron chi connectivity index (χ0n) is 12.5. The third kappa shape index (κ3) is 2.82. The standard InChI is InChI=1S/C14H20N6O/c1-7-12(16-6-11-17-8(2)9(3)21-11)18-14(10-4-5-10)19-13(7)20-15/h10H,4-6,15H2,1-3H3,(H2,16,18,19,20). The van der Waals surface area contributed by atoms with Gasteiger partial charge in [0.15, 0.2) is 0 Å². The Morgan fingerprint density at radius 3 is 2.43 bits per heavy atom. The van der Waals surface area contributed by atoms with E-state index in [1.807, 2.05) is 20.8 Å². The van der Waals surface area contributed by atoms with Crippen LogP contribution in [-0.4, -0.2) is 15.0 Å². The molecule has 2 aromatic heterocycles. The van der Waals surface area contributed by atoms with Crippen LogP contribution < -0.4 is 16.6 Å². The van der Waals surface area contributed by atoms with Gasteiger partial charge in [-0.3, -0.25) is 0 Å². The van der Waals surface area contributed by atoms with Crippen LogP contribution in [0.15, 0.2) is 4.42 Å². The van der Waals surface area contributed by atoms with E-state index in [0.29, 0.717) is 24.2 Å². The van der Waals surface area contributed by atoms with E-state index in [-0.39, 0.29) is 0 Å². The first-order valence-electron chi connectivity index (χ1n) is 7.10. The number of aryl methyl sites for hydroxylation is 2. The SMILES string of the molecule is Cc1nc(CNc2nc(C3CC3)nc(NN)c2C)oc1C. The van der Waals surface area contributed by atoms with Crippen molar-refractivity contribution in [2.75, 3.05) is 10.7 Å². The fourth-order valence-electron chi connectivity index (χ4n) is 2.14. The molecule has 7 heteroatoms. The van der Waals surface area contributed by atoms with Crippen molar-refractivity contribution in [1.82, 2.24) is 15.0 Å². The number of anilines is 2. The van der Waals surface area contributed by atoms with Crippen molar-refractivity contribution in [2.24, 2.45) is 5.84 Å². The Morgan fingerprint density at radius 1 is 1.14 bits per heavy atom. The number of nitrogens with zero attached hydrogens (tertiary/aromatic N) is 3. The first-order valence-corrected chi connectivity index (χ1v) is 7.10. The molecule has 2 aromatic rings. The number of nitrogens with one attached hydrogen (secondary N) is 2. The molecule has 112 valence electrons. The number of rotatable bonds is 5. The van der Waals surface area contributed by atoms with E-state index in [0.717, 1.165) is 41.5 Å². The zero-order chi connectivity index (χ0) is 15.0. The summed E-state index contributed by atoms with van der Waals surface area (Å²) in [6, 6.07) is 0. The van der Waals surface area contributed by atoms with Crippen LogP contribution >= 0.6 is 0 Å². The van der Waals surface area contributed by atoms with Gasteiger partial charge in [0.2, 0.25) is 5.89 Å². The highest BCUT2D eigenvalue weighted by atomic mass is 16.4. The maximum Gasteiger partial charge on any atom is 0.213 e. The lowest BCUT2D eigenvalue weighted by Gasteiger charge is -2.12. The van der Waals surface area contributed by atoms with Crippen molar-refractivity contribution >= 4 is 11.6 Å². The molecule has 0 aliphatic heterocycles. The Balaban J connectivity index is 1.81. The number of aromatic nitrogens is 3. The van der Waals surface area contributed by atoms with Crippen LogP contribution in [0.4, 0.5) is 11.6 Å². The third-order valence-electron chi connectivity index (χ3n) is 3.72. The highest BCUT2D eigenvalue weighted by Gasteiger charge is 2.28. The van der Waals surface area contributed by atoms with Gasteiger partial charge in [-0.2, -0.15) is 0 Å². The van der Waals surface area contributed by atoms with Crippen LogP contribution in [0.1, 0.15) is 47.5 Å². The van der Waals surface area contributed by atoms with Crippen LogP contribution in [0, 0.1) is 20.8 Å². The molecule has 0 spiro atoms. The quantitative estimate of drug-likeness (QED) is 0.572. The average molecular weight is 288 g/mol. The largest absolute Gasteiger partial charge is 0.444 e. The van der Waals surface area contributed by atoms with Gasteiger partial charge in [-0.15, -0.1) is 0 Å². The van der Waals surface area contributed by atoms with E-state index in [1.54, 1.807) is 0 Å². The topological polar surface area (TPSA) is 102 Å². The molecule has 0 saturated heterocycles. The van der Waals surface area contributed by atoms with Gasteiger partial charge in [-0.25, -0.2) is 20.8 Å². The van der Waals surface area contributed by atoms with Gasteiger partial charge in [0.05, 0.1) is 12.2 Å². The molecule has 1 aliphatic carbocycles. The number of hydrogen-bond donors (Lipinski definition) is 3. The summed E-state index contributed by atoms with van der Waals surface area (Å²) in [4.78, 5) is 13.4. The number of nitrogens with two attached hydrogens (primary N) is 1. The second-order valence-electron chi connectivity index (χ2n) is 5.43. The van der Waals surface area contributed by atoms with E-state index in [4.69, 9.17) is 10.3 Å². The predicted octanol–water partition coefficient (Wildman–Crippen LogP) is 2.16. The molecule has 0 aromatic carbocycles. The molecule has 0 radical (unpaired) electrons. The summed E-state index contributed by atoms with van der Waals surface area (Å²) in [7, 11) is 0. The third-order valence-corrected chi connectivity index (χ3v) is 3.72. The molecule has 4 N–H and O–H groups in total. The number of oxazole rings is 1. The van der Waals surface area contributed by atoms with E-state index >= 15 is 0 Å². The van der Waals surface area contributed by atoms with Crippen LogP contribution in [0.5, 0.6) is 0 Å². The van der Waals surface area contributed by atoms with Crippen molar-refractivity contribution in [3.63, 3.8) is 0 Å². The molecule has 0 bridgehead atoms. The van der Waals surface area contributed by atoms with Crippen molar-refractivity contribution in [3.8, 4) is 0 Å². The molecule has 21 heavy (non-hydrogen) atoms. The fourth-order valence-corrected chi connectivity index (χ4v) is 2.14. The first-order chi connectivity index (χ1) is 10.1. The molecule has 7 nitrogen and oxygen atoms in total. The first kappa shape index (κ1) is 13.8. The Hall–Kier alpha value is -2.15. The maximum atomic E-state index is 5.57. The highest BCUT2D eigenvalue weighted by molar-refractivity contribution is 5.57. The van der Waals surface area contributed by atoms with Gasteiger partial charge in [-0.1, -0.05) is 0 Å². The van der Waals surface area contributed by atoms with Crippen molar-refractivity contribution in [2.45, 2.75) is 46.1 Å². The monoisotopic (exact) mass is 288 g/mol. The van der Waals surface area contributed by atoms with Gasteiger partial charge >= 0.3 is 0 Å². The zero-order valence-corrected chi connectivity index (χ0v) is 12.5. The van der Waals surface area contributed by atoms with Gasteiger partial charge < -0.3 is 15.2 Å². The predicted molar refractivity (Wildman–Crippen MR) is 79.9 cm³/mol. The molecule has 3 rings (SSSR count). The Labute approximate surface area is 123 Å². The van der Waals surface area contributed by atoms with Crippen LogP contribution in [0.2, 0.25) is 0 Å². The lowest BCUT2D eigenvalue weighted by Crippen LogP contribution is -2.14. The minimum absolute atomic E-state index is 0.462.